The van der Waals surface area contributed by atoms with E-state index < -0.39 is 0 Å². The average molecular weight is 251 g/mol. The third kappa shape index (κ3) is 6.62. The molecule has 3 heteroatoms. The molecule has 0 radical (unpaired) electrons. The molecule has 0 aliphatic carbocycles. The van der Waals surface area contributed by atoms with Crippen LogP contribution in [0.2, 0.25) is 0 Å². The van der Waals surface area contributed by atoms with Crippen LogP contribution in [-0.4, -0.2) is 25.4 Å². The lowest BCUT2D eigenvalue weighted by atomic mass is 10.1. The van der Waals surface area contributed by atoms with Crippen LogP contribution in [-0.2, 0) is 11.2 Å². The van der Waals surface area contributed by atoms with Crippen LogP contribution in [0.4, 0.5) is 0 Å². The molecule has 18 heavy (non-hydrogen) atoms. The number of hydrogen-bond donors (Lipinski definition) is 1. The highest BCUT2D eigenvalue weighted by atomic mass is 16.5. The van der Waals surface area contributed by atoms with Gasteiger partial charge in [0.25, 0.3) is 0 Å². The summed E-state index contributed by atoms with van der Waals surface area (Å²) in [6, 6.07) is 8.22. The Morgan fingerprint density at radius 2 is 2.00 bits per heavy atom. The largest absolute Gasteiger partial charge is 0.493 e. The molecule has 3 nitrogen and oxygen atoms in total. The molecule has 0 amide bonds. The molecule has 1 aromatic carbocycles. The van der Waals surface area contributed by atoms with Gasteiger partial charge in [-0.2, -0.15) is 0 Å². The number of hydrogen-bond acceptors (Lipinski definition) is 3. The fourth-order valence-electron chi connectivity index (χ4n) is 1.54. The smallest absolute Gasteiger partial charge is 0.119 e. The van der Waals surface area contributed by atoms with Gasteiger partial charge in [0.2, 0.25) is 0 Å². The summed E-state index contributed by atoms with van der Waals surface area (Å²) in [5.41, 5.74) is 6.86. The number of rotatable bonds is 8. The second kappa shape index (κ2) is 7.39. The summed E-state index contributed by atoms with van der Waals surface area (Å²) in [6.45, 7) is 8.01. The molecule has 0 bridgehead atoms. The van der Waals surface area contributed by atoms with Crippen LogP contribution in [0.25, 0.3) is 0 Å². The first-order valence-electron chi connectivity index (χ1n) is 6.59. The van der Waals surface area contributed by atoms with E-state index in [1.54, 1.807) is 0 Å². The van der Waals surface area contributed by atoms with E-state index in [9.17, 15) is 0 Å². The van der Waals surface area contributed by atoms with Gasteiger partial charge >= 0.3 is 0 Å². The maximum absolute atomic E-state index is 5.82. The number of nitrogens with two attached hydrogens (primary N) is 1. The quantitative estimate of drug-likeness (QED) is 0.723. The standard InChI is InChI=1S/C15H25NO2/c1-4-13-7-5-8-14(11-13)18-10-6-9-17-12-15(2,3)16/h5,7-8,11H,4,6,9-10,12,16H2,1-3H3. The summed E-state index contributed by atoms with van der Waals surface area (Å²) in [6.07, 6.45) is 1.92. The van der Waals surface area contributed by atoms with Crippen molar-refractivity contribution in [2.75, 3.05) is 19.8 Å². The Bertz CT molecular complexity index is 345. The van der Waals surface area contributed by atoms with E-state index in [-0.39, 0.29) is 5.54 Å². The summed E-state index contributed by atoms with van der Waals surface area (Å²) in [5, 5.41) is 0. The van der Waals surface area contributed by atoms with Gasteiger partial charge in [0.15, 0.2) is 0 Å². The third-order valence-electron chi connectivity index (χ3n) is 2.48. The second-order valence-electron chi connectivity index (χ2n) is 5.24. The van der Waals surface area contributed by atoms with Crippen LogP contribution in [0.3, 0.4) is 0 Å². The third-order valence-corrected chi connectivity index (χ3v) is 2.48. The van der Waals surface area contributed by atoms with E-state index in [4.69, 9.17) is 15.2 Å². The van der Waals surface area contributed by atoms with E-state index >= 15 is 0 Å². The summed E-state index contributed by atoms with van der Waals surface area (Å²) < 4.78 is 11.1. The van der Waals surface area contributed by atoms with Gasteiger partial charge in [-0.15, -0.1) is 0 Å². The molecule has 0 heterocycles. The van der Waals surface area contributed by atoms with Gasteiger partial charge in [0, 0.05) is 18.6 Å². The van der Waals surface area contributed by atoms with Crippen molar-refractivity contribution in [2.24, 2.45) is 5.73 Å². The minimum Gasteiger partial charge on any atom is -0.493 e. The highest BCUT2D eigenvalue weighted by molar-refractivity contribution is 5.28. The van der Waals surface area contributed by atoms with Crippen LogP contribution in [0.5, 0.6) is 5.75 Å². The van der Waals surface area contributed by atoms with Crippen LogP contribution >= 0.6 is 0 Å². The number of aryl methyl sites for hydroxylation is 1. The van der Waals surface area contributed by atoms with Crippen molar-refractivity contribution in [3.05, 3.63) is 29.8 Å². The van der Waals surface area contributed by atoms with Gasteiger partial charge in [0.1, 0.15) is 5.75 Å². The van der Waals surface area contributed by atoms with Crippen molar-refractivity contribution in [3.8, 4) is 5.75 Å². The van der Waals surface area contributed by atoms with Gasteiger partial charge in [-0.3, -0.25) is 0 Å². The van der Waals surface area contributed by atoms with Crippen LogP contribution in [0.1, 0.15) is 32.8 Å². The maximum atomic E-state index is 5.82. The van der Waals surface area contributed by atoms with Crippen molar-refractivity contribution in [1.29, 1.82) is 0 Å². The number of benzene rings is 1. The van der Waals surface area contributed by atoms with Gasteiger partial charge in [-0.25, -0.2) is 0 Å². The molecule has 2 N–H and O–H groups in total. The van der Waals surface area contributed by atoms with E-state index in [2.05, 4.69) is 19.1 Å². The lowest BCUT2D eigenvalue weighted by Gasteiger charge is -2.18. The average Bonchev–Trinajstić information content (AvgIpc) is 2.32. The van der Waals surface area contributed by atoms with Crippen LogP contribution in [0, 0.1) is 0 Å². The molecule has 0 aliphatic rings. The molecule has 1 rings (SSSR count). The van der Waals surface area contributed by atoms with Crippen LogP contribution in [0.15, 0.2) is 24.3 Å². The zero-order valence-corrected chi connectivity index (χ0v) is 11.7. The monoisotopic (exact) mass is 251 g/mol. The highest BCUT2D eigenvalue weighted by Crippen LogP contribution is 2.13. The Morgan fingerprint density at radius 1 is 1.22 bits per heavy atom. The van der Waals surface area contributed by atoms with Gasteiger partial charge in [-0.1, -0.05) is 19.1 Å². The van der Waals surface area contributed by atoms with Crippen molar-refractivity contribution < 1.29 is 9.47 Å². The molecule has 0 aromatic heterocycles. The fraction of sp³-hybridized carbons (Fsp3) is 0.600. The molecule has 0 spiro atoms. The minimum atomic E-state index is -0.254. The minimum absolute atomic E-state index is 0.254. The predicted octanol–water partition coefficient (Wildman–Crippen LogP) is 2.77. The second-order valence-corrected chi connectivity index (χ2v) is 5.24. The van der Waals surface area contributed by atoms with Gasteiger partial charge in [0.05, 0.1) is 13.2 Å². The number of ether oxygens (including phenoxy) is 2. The highest BCUT2D eigenvalue weighted by Gasteiger charge is 2.09. The summed E-state index contributed by atoms with van der Waals surface area (Å²) >= 11 is 0. The summed E-state index contributed by atoms with van der Waals surface area (Å²) in [7, 11) is 0. The molecule has 102 valence electrons. The van der Waals surface area contributed by atoms with Gasteiger partial charge < -0.3 is 15.2 Å². The Morgan fingerprint density at radius 3 is 2.67 bits per heavy atom. The SMILES string of the molecule is CCc1cccc(OCCCOCC(C)(C)N)c1. The lowest BCUT2D eigenvalue weighted by molar-refractivity contribution is 0.0870. The Kier molecular flexibility index (Phi) is 6.16. The topological polar surface area (TPSA) is 44.5 Å². The van der Waals surface area contributed by atoms with Crippen molar-refractivity contribution in [3.63, 3.8) is 0 Å². The van der Waals surface area contributed by atoms with E-state index in [1.165, 1.54) is 5.56 Å². The molecule has 0 saturated carbocycles. The first-order valence-corrected chi connectivity index (χ1v) is 6.59. The molecular weight excluding hydrogens is 226 g/mol. The predicted molar refractivity (Wildman–Crippen MR) is 75.0 cm³/mol. The first-order chi connectivity index (χ1) is 8.51. The molecule has 0 aliphatic heterocycles. The van der Waals surface area contributed by atoms with Gasteiger partial charge in [-0.05, 0) is 38.0 Å². The fourth-order valence-corrected chi connectivity index (χ4v) is 1.54. The van der Waals surface area contributed by atoms with Crippen molar-refractivity contribution >= 4 is 0 Å². The molecule has 0 unspecified atom stereocenters. The Hall–Kier alpha value is -1.06. The first kappa shape index (κ1) is 15.0. The van der Waals surface area contributed by atoms with E-state index in [0.717, 1.165) is 18.6 Å². The summed E-state index contributed by atoms with van der Waals surface area (Å²) in [4.78, 5) is 0. The zero-order valence-electron chi connectivity index (χ0n) is 11.7. The van der Waals surface area contributed by atoms with Crippen molar-refractivity contribution in [2.45, 2.75) is 39.2 Å². The molecule has 0 atom stereocenters. The van der Waals surface area contributed by atoms with Crippen LogP contribution < -0.4 is 10.5 Å². The Balaban J connectivity index is 2.14. The molecule has 1 aromatic rings. The van der Waals surface area contributed by atoms with E-state index in [1.807, 2.05) is 26.0 Å². The van der Waals surface area contributed by atoms with E-state index in [0.29, 0.717) is 19.8 Å². The maximum Gasteiger partial charge on any atom is 0.119 e. The Labute approximate surface area is 110 Å². The summed E-state index contributed by atoms with van der Waals surface area (Å²) in [5.74, 6) is 0.938. The molecule has 0 saturated heterocycles. The van der Waals surface area contributed by atoms with Crippen molar-refractivity contribution in [1.82, 2.24) is 0 Å². The normalized spacial score (nSPS) is 11.6. The molecule has 0 fully saturated rings. The zero-order chi connectivity index (χ0) is 13.4. The lowest BCUT2D eigenvalue weighted by Crippen LogP contribution is -2.37. The molecular formula is C15H25NO2.